The molecule has 0 aromatic heterocycles. The Labute approximate surface area is 134 Å². The van der Waals surface area contributed by atoms with E-state index < -0.39 is 10.2 Å². The molecule has 0 amide bonds. The van der Waals surface area contributed by atoms with Gasteiger partial charge in [0.05, 0.1) is 12.8 Å². The molecule has 8 heteroatoms. The number of benzene rings is 1. The standard InChI is InChI=1S/C13H20BrN3O3S/c1-20-13-6-5-10(14)8-12(13)16-21(18,19)17-7-3-2-4-11(17)9-15/h5-6,8,11,16H,2-4,7,9,15H2,1H3. The summed E-state index contributed by atoms with van der Waals surface area (Å²) in [4.78, 5) is 0. The van der Waals surface area contributed by atoms with Gasteiger partial charge in [0.1, 0.15) is 5.75 Å². The molecule has 1 unspecified atom stereocenters. The normalized spacial score (nSPS) is 20.2. The summed E-state index contributed by atoms with van der Waals surface area (Å²) < 4.78 is 35.2. The van der Waals surface area contributed by atoms with Crippen molar-refractivity contribution in [1.29, 1.82) is 0 Å². The maximum Gasteiger partial charge on any atom is 0.302 e. The lowest BCUT2D eigenvalue weighted by molar-refractivity contribution is 0.259. The molecule has 0 aliphatic carbocycles. The van der Waals surface area contributed by atoms with Gasteiger partial charge in [-0.3, -0.25) is 4.72 Å². The highest BCUT2D eigenvalue weighted by Crippen LogP contribution is 2.30. The van der Waals surface area contributed by atoms with Crippen LogP contribution in [0.15, 0.2) is 22.7 Å². The number of hydrogen-bond acceptors (Lipinski definition) is 4. The molecule has 1 fully saturated rings. The van der Waals surface area contributed by atoms with Gasteiger partial charge < -0.3 is 10.5 Å². The van der Waals surface area contributed by atoms with E-state index in [4.69, 9.17) is 10.5 Å². The third-order valence-electron chi connectivity index (χ3n) is 3.55. The highest BCUT2D eigenvalue weighted by Gasteiger charge is 2.31. The number of hydrogen-bond donors (Lipinski definition) is 2. The number of anilines is 1. The van der Waals surface area contributed by atoms with Crippen molar-refractivity contribution in [1.82, 2.24) is 4.31 Å². The zero-order valence-electron chi connectivity index (χ0n) is 11.9. The highest BCUT2D eigenvalue weighted by atomic mass is 79.9. The van der Waals surface area contributed by atoms with E-state index in [0.717, 1.165) is 23.7 Å². The molecule has 0 spiro atoms. The summed E-state index contributed by atoms with van der Waals surface area (Å²) in [5, 5.41) is 0. The molecule has 1 atom stereocenters. The van der Waals surface area contributed by atoms with Crippen molar-refractivity contribution < 1.29 is 13.2 Å². The van der Waals surface area contributed by atoms with Crippen LogP contribution in [-0.4, -0.2) is 39.0 Å². The minimum atomic E-state index is -3.64. The number of piperidine rings is 1. The summed E-state index contributed by atoms with van der Waals surface area (Å²) >= 11 is 3.33. The molecule has 1 saturated heterocycles. The predicted octanol–water partition coefficient (Wildman–Crippen LogP) is 1.93. The van der Waals surface area contributed by atoms with Crippen LogP contribution in [0.4, 0.5) is 5.69 Å². The van der Waals surface area contributed by atoms with Crippen LogP contribution in [0.25, 0.3) is 0 Å². The van der Waals surface area contributed by atoms with Crippen LogP contribution in [0, 0.1) is 0 Å². The number of nitrogens with one attached hydrogen (secondary N) is 1. The Morgan fingerprint density at radius 2 is 2.24 bits per heavy atom. The summed E-state index contributed by atoms with van der Waals surface area (Å²) in [5.74, 6) is 0.475. The third kappa shape index (κ3) is 3.88. The first kappa shape index (κ1) is 16.5. The van der Waals surface area contributed by atoms with E-state index >= 15 is 0 Å². The van der Waals surface area contributed by atoms with Gasteiger partial charge in [-0.15, -0.1) is 0 Å². The summed E-state index contributed by atoms with van der Waals surface area (Å²) in [6, 6.07) is 5.03. The largest absolute Gasteiger partial charge is 0.495 e. The molecular weight excluding hydrogens is 358 g/mol. The molecule has 118 valence electrons. The number of halogens is 1. The van der Waals surface area contributed by atoms with Crippen molar-refractivity contribution in [2.45, 2.75) is 25.3 Å². The maximum absolute atomic E-state index is 12.6. The van der Waals surface area contributed by atoms with Gasteiger partial charge in [0.15, 0.2) is 0 Å². The Balaban J connectivity index is 2.26. The Morgan fingerprint density at radius 3 is 2.90 bits per heavy atom. The molecule has 0 bridgehead atoms. The van der Waals surface area contributed by atoms with Gasteiger partial charge in [-0.05, 0) is 31.0 Å². The monoisotopic (exact) mass is 377 g/mol. The SMILES string of the molecule is COc1ccc(Br)cc1NS(=O)(=O)N1CCCCC1CN. The molecule has 0 radical (unpaired) electrons. The van der Waals surface area contributed by atoms with E-state index in [1.54, 1.807) is 18.2 Å². The predicted molar refractivity (Wildman–Crippen MR) is 86.6 cm³/mol. The maximum atomic E-state index is 12.6. The smallest absolute Gasteiger partial charge is 0.302 e. The van der Waals surface area contributed by atoms with Crippen molar-refractivity contribution in [3.63, 3.8) is 0 Å². The van der Waals surface area contributed by atoms with E-state index in [1.807, 2.05) is 0 Å². The number of nitrogens with zero attached hydrogens (tertiary/aromatic N) is 1. The van der Waals surface area contributed by atoms with Crippen LogP contribution in [-0.2, 0) is 10.2 Å². The van der Waals surface area contributed by atoms with Crippen LogP contribution in [0.1, 0.15) is 19.3 Å². The first-order chi connectivity index (χ1) is 9.97. The average Bonchev–Trinajstić information content (AvgIpc) is 2.47. The molecule has 1 aromatic rings. The average molecular weight is 378 g/mol. The molecule has 1 aliphatic heterocycles. The topological polar surface area (TPSA) is 84.7 Å². The fourth-order valence-corrected chi connectivity index (χ4v) is 4.35. The summed E-state index contributed by atoms with van der Waals surface area (Å²) in [6.45, 7) is 0.823. The molecule has 6 nitrogen and oxygen atoms in total. The van der Waals surface area contributed by atoms with Crippen LogP contribution >= 0.6 is 15.9 Å². The molecule has 2 rings (SSSR count). The zero-order valence-corrected chi connectivity index (χ0v) is 14.3. The van der Waals surface area contributed by atoms with Crippen molar-refractivity contribution in [2.24, 2.45) is 5.73 Å². The number of rotatable bonds is 5. The molecule has 1 heterocycles. The number of ether oxygens (including phenoxy) is 1. The Bertz CT molecular complexity index is 594. The lowest BCUT2D eigenvalue weighted by atomic mass is 10.1. The Morgan fingerprint density at radius 1 is 1.48 bits per heavy atom. The van der Waals surface area contributed by atoms with Gasteiger partial charge in [-0.2, -0.15) is 12.7 Å². The van der Waals surface area contributed by atoms with Gasteiger partial charge in [-0.25, -0.2) is 0 Å². The van der Waals surface area contributed by atoms with Crippen LogP contribution in [0.2, 0.25) is 0 Å². The summed E-state index contributed by atoms with van der Waals surface area (Å²) in [5.41, 5.74) is 6.11. The van der Waals surface area contributed by atoms with Crippen molar-refractivity contribution in [3.05, 3.63) is 22.7 Å². The molecule has 21 heavy (non-hydrogen) atoms. The lowest BCUT2D eigenvalue weighted by Crippen LogP contribution is -2.49. The van der Waals surface area contributed by atoms with Gasteiger partial charge in [0.25, 0.3) is 0 Å². The first-order valence-electron chi connectivity index (χ1n) is 6.81. The second kappa shape index (κ2) is 6.95. The number of methoxy groups -OCH3 is 1. The Kier molecular flexibility index (Phi) is 5.48. The van der Waals surface area contributed by atoms with Gasteiger partial charge in [0.2, 0.25) is 0 Å². The lowest BCUT2D eigenvalue weighted by Gasteiger charge is -2.34. The van der Waals surface area contributed by atoms with E-state index in [-0.39, 0.29) is 6.04 Å². The molecule has 3 N–H and O–H groups in total. The van der Waals surface area contributed by atoms with Crippen LogP contribution in [0.5, 0.6) is 5.75 Å². The van der Waals surface area contributed by atoms with Crippen molar-refractivity contribution in [2.75, 3.05) is 24.9 Å². The number of nitrogens with two attached hydrogens (primary N) is 1. The van der Waals surface area contributed by atoms with Gasteiger partial charge in [-0.1, -0.05) is 22.4 Å². The molecule has 1 aromatic carbocycles. The van der Waals surface area contributed by atoms with Crippen molar-refractivity contribution >= 4 is 31.8 Å². The Hall–Kier alpha value is -0.830. The van der Waals surface area contributed by atoms with Gasteiger partial charge in [0, 0.05) is 23.6 Å². The molecule has 0 saturated carbocycles. The third-order valence-corrected chi connectivity index (χ3v) is 5.62. The van der Waals surface area contributed by atoms with Gasteiger partial charge >= 0.3 is 10.2 Å². The fraction of sp³-hybridized carbons (Fsp3) is 0.538. The fourth-order valence-electron chi connectivity index (χ4n) is 2.48. The van der Waals surface area contributed by atoms with E-state index in [9.17, 15) is 8.42 Å². The van der Waals surface area contributed by atoms with E-state index in [2.05, 4.69) is 20.7 Å². The van der Waals surface area contributed by atoms with E-state index in [0.29, 0.717) is 24.5 Å². The second-order valence-corrected chi connectivity index (χ2v) is 7.49. The molecule has 1 aliphatic rings. The summed E-state index contributed by atoms with van der Waals surface area (Å²) in [6.07, 6.45) is 2.66. The quantitative estimate of drug-likeness (QED) is 0.820. The zero-order chi connectivity index (χ0) is 15.5. The molecular formula is C13H20BrN3O3S. The highest BCUT2D eigenvalue weighted by molar-refractivity contribution is 9.10. The minimum Gasteiger partial charge on any atom is -0.495 e. The van der Waals surface area contributed by atoms with Crippen LogP contribution in [0.3, 0.4) is 0 Å². The van der Waals surface area contributed by atoms with E-state index in [1.165, 1.54) is 11.4 Å². The summed E-state index contributed by atoms with van der Waals surface area (Å²) in [7, 11) is -2.14. The van der Waals surface area contributed by atoms with Crippen molar-refractivity contribution in [3.8, 4) is 5.75 Å². The van der Waals surface area contributed by atoms with Crippen LogP contribution < -0.4 is 15.2 Å². The minimum absolute atomic E-state index is 0.144. The second-order valence-electron chi connectivity index (χ2n) is 4.95. The first-order valence-corrected chi connectivity index (χ1v) is 9.04.